The van der Waals surface area contributed by atoms with Crippen LogP contribution in [0.4, 0.5) is 11.4 Å². The number of nitrogens with one attached hydrogen (secondary N) is 1. The summed E-state index contributed by atoms with van der Waals surface area (Å²) in [6.45, 7) is 1.68. The van der Waals surface area contributed by atoms with Crippen molar-refractivity contribution in [3.8, 4) is 6.07 Å². The molecule has 0 aliphatic heterocycles. The molecule has 0 radical (unpaired) electrons. The van der Waals surface area contributed by atoms with Gasteiger partial charge in [0.1, 0.15) is 6.07 Å². The van der Waals surface area contributed by atoms with E-state index < -0.39 is 5.97 Å². The van der Waals surface area contributed by atoms with Gasteiger partial charge >= 0.3 is 5.97 Å². The first kappa shape index (κ1) is 18.9. The minimum atomic E-state index is -1.06. The van der Waals surface area contributed by atoms with E-state index in [1.54, 1.807) is 43.3 Å². The number of hydrogen-bond donors (Lipinski definition) is 2. The predicted molar refractivity (Wildman–Crippen MR) is 111 cm³/mol. The number of nitriles is 1. The number of carboxylic acids is 1. The lowest BCUT2D eigenvalue weighted by molar-refractivity contribution is 0.0696. The molecule has 0 spiro atoms. The third-order valence-electron chi connectivity index (χ3n) is 4.86. The standard InChI is InChI=1S/C23H16N4O3/c1-14-19(23(29)30)13-27-21(14)20(17(11-24)12-25-27)26-18-9-7-16(8-10-18)22(28)15-5-3-2-4-6-15/h2-10,12-13,26H,1H3,(H,29,30). The van der Waals surface area contributed by atoms with Gasteiger partial charge in [0.2, 0.25) is 0 Å². The first-order chi connectivity index (χ1) is 14.5. The third-order valence-corrected chi connectivity index (χ3v) is 4.86. The zero-order valence-electron chi connectivity index (χ0n) is 16.0. The first-order valence-corrected chi connectivity index (χ1v) is 9.10. The number of nitrogens with zero attached hydrogens (tertiary/aromatic N) is 3. The van der Waals surface area contributed by atoms with E-state index in [0.29, 0.717) is 33.6 Å². The summed E-state index contributed by atoms with van der Waals surface area (Å²) >= 11 is 0. The van der Waals surface area contributed by atoms with Crippen LogP contribution in [0, 0.1) is 18.3 Å². The fraction of sp³-hybridized carbons (Fsp3) is 0.0435. The molecule has 0 saturated heterocycles. The second-order valence-electron chi connectivity index (χ2n) is 6.71. The third kappa shape index (κ3) is 3.27. The average Bonchev–Trinajstić information content (AvgIpc) is 3.12. The molecule has 7 nitrogen and oxygen atoms in total. The molecule has 146 valence electrons. The second-order valence-corrected chi connectivity index (χ2v) is 6.71. The number of carboxylic acid groups (broad SMARTS) is 1. The van der Waals surface area contributed by atoms with Gasteiger partial charge in [-0.1, -0.05) is 30.3 Å². The van der Waals surface area contributed by atoms with Crippen LogP contribution in [0.25, 0.3) is 5.52 Å². The molecule has 4 aromatic rings. The van der Waals surface area contributed by atoms with E-state index in [9.17, 15) is 20.0 Å². The highest BCUT2D eigenvalue weighted by Gasteiger charge is 2.19. The molecule has 4 rings (SSSR count). The number of rotatable bonds is 5. The van der Waals surface area contributed by atoms with Gasteiger partial charge in [-0.3, -0.25) is 4.79 Å². The average molecular weight is 396 g/mol. The Kier molecular flexibility index (Phi) is 4.74. The van der Waals surface area contributed by atoms with Crippen molar-refractivity contribution in [2.75, 3.05) is 5.32 Å². The molecule has 0 aliphatic carbocycles. The Morgan fingerprint density at radius 1 is 1.07 bits per heavy atom. The van der Waals surface area contributed by atoms with Crippen molar-refractivity contribution in [3.63, 3.8) is 0 Å². The summed E-state index contributed by atoms with van der Waals surface area (Å²) in [6.07, 6.45) is 2.80. The van der Waals surface area contributed by atoms with Crippen molar-refractivity contribution in [1.29, 1.82) is 5.26 Å². The number of benzene rings is 2. The molecule has 0 unspecified atom stereocenters. The van der Waals surface area contributed by atoms with Crippen LogP contribution in [-0.4, -0.2) is 26.5 Å². The Balaban J connectivity index is 1.71. The Labute approximate surface area is 171 Å². The van der Waals surface area contributed by atoms with Crippen LogP contribution in [0.5, 0.6) is 0 Å². The molecule has 2 aromatic heterocycles. The lowest BCUT2D eigenvalue weighted by atomic mass is 10.0. The second kappa shape index (κ2) is 7.53. The van der Waals surface area contributed by atoms with E-state index >= 15 is 0 Å². The number of anilines is 2. The van der Waals surface area contributed by atoms with Crippen LogP contribution in [0.3, 0.4) is 0 Å². The fourth-order valence-electron chi connectivity index (χ4n) is 3.32. The summed E-state index contributed by atoms with van der Waals surface area (Å²) in [4.78, 5) is 24.0. The Hall–Kier alpha value is -4.44. The number of carbonyl (C=O) groups excluding carboxylic acids is 1. The van der Waals surface area contributed by atoms with E-state index in [4.69, 9.17) is 0 Å². The highest BCUT2D eigenvalue weighted by molar-refractivity contribution is 6.09. The maximum Gasteiger partial charge on any atom is 0.337 e. The van der Waals surface area contributed by atoms with E-state index in [2.05, 4.69) is 16.5 Å². The highest BCUT2D eigenvalue weighted by Crippen LogP contribution is 2.30. The number of carbonyl (C=O) groups is 2. The van der Waals surface area contributed by atoms with Gasteiger partial charge in [0.25, 0.3) is 0 Å². The molecule has 30 heavy (non-hydrogen) atoms. The Bertz CT molecular complexity index is 1320. The minimum Gasteiger partial charge on any atom is -0.478 e. The number of aryl methyl sites for hydroxylation is 1. The van der Waals surface area contributed by atoms with Gasteiger partial charge in [-0.05, 0) is 36.8 Å². The van der Waals surface area contributed by atoms with E-state index in [1.807, 2.05) is 18.2 Å². The number of aromatic carboxylic acids is 1. The summed E-state index contributed by atoms with van der Waals surface area (Å²) < 4.78 is 1.44. The van der Waals surface area contributed by atoms with E-state index in [-0.39, 0.29) is 16.9 Å². The van der Waals surface area contributed by atoms with Gasteiger partial charge in [0.15, 0.2) is 5.78 Å². The Morgan fingerprint density at radius 3 is 2.37 bits per heavy atom. The number of aromatic nitrogens is 2. The normalized spacial score (nSPS) is 10.5. The van der Waals surface area contributed by atoms with Gasteiger partial charge in [-0.15, -0.1) is 0 Å². The number of hydrogen-bond acceptors (Lipinski definition) is 5. The molecule has 2 heterocycles. The molecule has 0 bridgehead atoms. The SMILES string of the molecule is Cc1c(C(=O)O)cn2ncc(C#N)c(Nc3ccc(C(=O)c4ccccc4)cc3)c12. The maximum absolute atomic E-state index is 12.6. The smallest absolute Gasteiger partial charge is 0.337 e. The van der Waals surface area contributed by atoms with Gasteiger partial charge in [-0.2, -0.15) is 10.4 Å². The Morgan fingerprint density at radius 2 is 1.73 bits per heavy atom. The summed E-state index contributed by atoms with van der Waals surface area (Å²) in [5.41, 5.74) is 3.67. The first-order valence-electron chi connectivity index (χ1n) is 9.10. The van der Waals surface area contributed by atoms with Gasteiger partial charge in [0.05, 0.1) is 28.5 Å². The van der Waals surface area contributed by atoms with Crippen LogP contribution in [-0.2, 0) is 0 Å². The quantitative estimate of drug-likeness (QED) is 0.490. The molecule has 2 aromatic carbocycles. The molecule has 0 atom stereocenters. The predicted octanol–water partition coefficient (Wildman–Crippen LogP) is 4.19. The zero-order valence-corrected chi connectivity index (χ0v) is 16.0. The van der Waals surface area contributed by atoms with Gasteiger partial charge in [-0.25, -0.2) is 9.31 Å². The van der Waals surface area contributed by atoms with Crippen molar-refractivity contribution >= 4 is 28.6 Å². The van der Waals surface area contributed by atoms with Crippen molar-refractivity contribution in [3.05, 3.63) is 94.8 Å². The van der Waals surface area contributed by atoms with Crippen LogP contribution < -0.4 is 5.32 Å². The molecular weight excluding hydrogens is 380 g/mol. The van der Waals surface area contributed by atoms with Crippen molar-refractivity contribution < 1.29 is 14.7 Å². The fourth-order valence-corrected chi connectivity index (χ4v) is 3.32. The molecule has 7 heteroatoms. The zero-order chi connectivity index (χ0) is 21.3. The minimum absolute atomic E-state index is 0.0836. The number of ketones is 1. The number of fused-ring (bicyclic) bond motifs is 1. The molecule has 0 saturated carbocycles. The lowest BCUT2D eigenvalue weighted by Crippen LogP contribution is -2.03. The summed E-state index contributed by atoms with van der Waals surface area (Å²) in [5, 5.41) is 26.2. The van der Waals surface area contributed by atoms with Crippen LogP contribution in [0.2, 0.25) is 0 Å². The van der Waals surface area contributed by atoms with Gasteiger partial charge in [0, 0.05) is 23.0 Å². The topological polar surface area (TPSA) is 107 Å². The monoisotopic (exact) mass is 396 g/mol. The van der Waals surface area contributed by atoms with Crippen molar-refractivity contribution in [2.24, 2.45) is 0 Å². The van der Waals surface area contributed by atoms with Crippen LogP contribution >= 0.6 is 0 Å². The van der Waals surface area contributed by atoms with Crippen molar-refractivity contribution in [1.82, 2.24) is 9.61 Å². The lowest BCUT2D eigenvalue weighted by Gasteiger charge is -2.11. The summed E-state index contributed by atoms with van der Waals surface area (Å²) in [7, 11) is 0. The molecule has 0 aliphatic rings. The summed E-state index contributed by atoms with van der Waals surface area (Å²) in [5.74, 6) is -1.15. The summed E-state index contributed by atoms with van der Waals surface area (Å²) in [6, 6.07) is 18.0. The molecule has 2 N–H and O–H groups in total. The molecular formula is C23H16N4O3. The molecule has 0 amide bonds. The largest absolute Gasteiger partial charge is 0.478 e. The maximum atomic E-state index is 12.6. The highest BCUT2D eigenvalue weighted by atomic mass is 16.4. The van der Waals surface area contributed by atoms with E-state index in [0.717, 1.165) is 0 Å². The molecule has 0 fully saturated rings. The van der Waals surface area contributed by atoms with Crippen LogP contribution in [0.15, 0.2) is 67.0 Å². The van der Waals surface area contributed by atoms with Crippen LogP contribution in [0.1, 0.15) is 37.4 Å². The van der Waals surface area contributed by atoms with E-state index in [1.165, 1.54) is 16.9 Å². The van der Waals surface area contributed by atoms with Gasteiger partial charge < -0.3 is 10.4 Å². The van der Waals surface area contributed by atoms with Crippen molar-refractivity contribution in [2.45, 2.75) is 6.92 Å².